The summed E-state index contributed by atoms with van der Waals surface area (Å²) in [5.74, 6) is 0.925. The van der Waals surface area contributed by atoms with Crippen LogP contribution >= 0.6 is 0 Å². The summed E-state index contributed by atoms with van der Waals surface area (Å²) in [7, 11) is -3.94. The minimum Gasteiger partial charge on any atom is -0.325 e. The van der Waals surface area contributed by atoms with E-state index in [1.54, 1.807) is 0 Å². The SMILES string of the molecule is CC(C)(N)CS(=O)CCCS(C)(=O)=O. The van der Waals surface area contributed by atoms with Crippen molar-refractivity contribution in [2.45, 2.75) is 25.8 Å². The summed E-state index contributed by atoms with van der Waals surface area (Å²) in [4.78, 5) is 0. The Bertz CT molecular complexity index is 290. The van der Waals surface area contributed by atoms with Gasteiger partial charge in [-0.15, -0.1) is 0 Å². The lowest BCUT2D eigenvalue weighted by Crippen LogP contribution is -2.38. The van der Waals surface area contributed by atoms with Gasteiger partial charge >= 0.3 is 0 Å². The first-order chi connectivity index (χ1) is 6.10. The third kappa shape index (κ3) is 10.1. The van der Waals surface area contributed by atoms with Gasteiger partial charge < -0.3 is 5.73 Å². The Labute approximate surface area is 88.6 Å². The largest absolute Gasteiger partial charge is 0.325 e. The second-order valence-electron chi connectivity index (χ2n) is 4.26. The fourth-order valence-electron chi connectivity index (χ4n) is 0.969. The van der Waals surface area contributed by atoms with Gasteiger partial charge in [0, 0.05) is 34.1 Å². The standard InChI is InChI=1S/C8H19NO3S2/c1-8(2,9)7-13(10)5-4-6-14(3,11)12/h4-7,9H2,1-3H3. The second kappa shape index (κ2) is 5.23. The molecule has 0 rings (SSSR count). The zero-order valence-electron chi connectivity index (χ0n) is 8.95. The number of hydrogen-bond donors (Lipinski definition) is 1. The quantitative estimate of drug-likeness (QED) is 0.705. The van der Waals surface area contributed by atoms with Gasteiger partial charge in [0.25, 0.3) is 0 Å². The first-order valence-corrected chi connectivity index (χ1v) is 7.97. The molecule has 0 aromatic rings. The molecule has 14 heavy (non-hydrogen) atoms. The lowest BCUT2D eigenvalue weighted by atomic mass is 10.1. The van der Waals surface area contributed by atoms with E-state index in [0.29, 0.717) is 17.9 Å². The monoisotopic (exact) mass is 241 g/mol. The minimum atomic E-state index is -2.93. The van der Waals surface area contributed by atoms with Crippen molar-refractivity contribution >= 4 is 20.6 Å². The highest BCUT2D eigenvalue weighted by molar-refractivity contribution is 7.90. The highest BCUT2D eigenvalue weighted by Crippen LogP contribution is 2.01. The number of hydrogen-bond acceptors (Lipinski definition) is 4. The van der Waals surface area contributed by atoms with E-state index in [0.717, 1.165) is 0 Å². The molecule has 0 saturated heterocycles. The summed E-state index contributed by atoms with van der Waals surface area (Å²) in [6.07, 6.45) is 1.63. The highest BCUT2D eigenvalue weighted by atomic mass is 32.2. The Morgan fingerprint density at radius 1 is 1.36 bits per heavy atom. The van der Waals surface area contributed by atoms with Gasteiger partial charge in [-0.3, -0.25) is 4.21 Å². The van der Waals surface area contributed by atoms with Crippen LogP contribution in [0.5, 0.6) is 0 Å². The van der Waals surface area contributed by atoms with Gasteiger partial charge in [0.05, 0.1) is 5.75 Å². The molecule has 1 atom stereocenters. The van der Waals surface area contributed by atoms with Crippen molar-refractivity contribution in [3.8, 4) is 0 Å². The van der Waals surface area contributed by atoms with Crippen molar-refractivity contribution in [1.29, 1.82) is 0 Å². The molecule has 0 aromatic heterocycles. The molecule has 0 fully saturated rings. The van der Waals surface area contributed by atoms with Crippen molar-refractivity contribution in [3.05, 3.63) is 0 Å². The van der Waals surface area contributed by atoms with E-state index in [2.05, 4.69) is 0 Å². The molecule has 4 nitrogen and oxygen atoms in total. The van der Waals surface area contributed by atoms with Crippen LogP contribution in [-0.2, 0) is 20.6 Å². The van der Waals surface area contributed by atoms with Gasteiger partial charge in [-0.25, -0.2) is 8.42 Å². The molecular weight excluding hydrogens is 222 g/mol. The lowest BCUT2D eigenvalue weighted by Gasteiger charge is -2.17. The van der Waals surface area contributed by atoms with Gasteiger partial charge in [-0.05, 0) is 20.3 Å². The van der Waals surface area contributed by atoms with Gasteiger partial charge in [0.1, 0.15) is 9.84 Å². The van der Waals surface area contributed by atoms with E-state index < -0.39 is 26.2 Å². The summed E-state index contributed by atoms with van der Waals surface area (Å²) in [5, 5.41) is 0. The molecule has 0 aliphatic rings. The predicted molar refractivity (Wildman–Crippen MR) is 60.5 cm³/mol. The second-order valence-corrected chi connectivity index (χ2v) is 8.10. The van der Waals surface area contributed by atoms with E-state index in [9.17, 15) is 12.6 Å². The van der Waals surface area contributed by atoms with Crippen LogP contribution in [0.2, 0.25) is 0 Å². The van der Waals surface area contributed by atoms with Crippen molar-refractivity contribution in [3.63, 3.8) is 0 Å². The van der Waals surface area contributed by atoms with Crippen molar-refractivity contribution in [1.82, 2.24) is 0 Å². The van der Waals surface area contributed by atoms with Crippen molar-refractivity contribution < 1.29 is 12.6 Å². The van der Waals surface area contributed by atoms with Crippen LogP contribution in [0.3, 0.4) is 0 Å². The van der Waals surface area contributed by atoms with Crippen molar-refractivity contribution in [2.75, 3.05) is 23.5 Å². The van der Waals surface area contributed by atoms with Crippen LogP contribution in [0.1, 0.15) is 20.3 Å². The summed E-state index contributed by atoms with van der Waals surface area (Å²) < 4.78 is 32.9. The molecular formula is C8H19NO3S2. The summed E-state index contributed by atoms with van der Waals surface area (Å²) >= 11 is 0. The Morgan fingerprint density at radius 3 is 2.21 bits per heavy atom. The third-order valence-electron chi connectivity index (χ3n) is 1.42. The molecule has 0 amide bonds. The van der Waals surface area contributed by atoms with Crippen LogP contribution in [-0.4, -0.2) is 41.7 Å². The summed E-state index contributed by atoms with van der Waals surface area (Å²) in [6, 6.07) is 0. The average Bonchev–Trinajstić information content (AvgIpc) is 1.78. The number of sulfone groups is 1. The zero-order valence-corrected chi connectivity index (χ0v) is 10.6. The Balaban J connectivity index is 3.77. The first kappa shape index (κ1) is 14.1. The summed E-state index contributed by atoms with van der Waals surface area (Å²) in [5.41, 5.74) is 5.23. The fraction of sp³-hybridized carbons (Fsp3) is 1.00. The average molecular weight is 241 g/mol. The topological polar surface area (TPSA) is 77.2 Å². The Kier molecular flexibility index (Phi) is 5.25. The minimum absolute atomic E-state index is 0.101. The van der Waals surface area contributed by atoms with Crippen LogP contribution in [0.25, 0.3) is 0 Å². The predicted octanol–water partition coefficient (Wildman–Crippen LogP) is -0.0929. The highest BCUT2D eigenvalue weighted by Gasteiger charge is 2.15. The molecule has 0 heterocycles. The van der Waals surface area contributed by atoms with Crippen LogP contribution in [0, 0.1) is 0 Å². The molecule has 0 aliphatic carbocycles. The molecule has 86 valence electrons. The fourth-order valence-corrected chi connectivity index (χ4v) is 3.26. The summed E-state index contributed by atoms with van der Waals surface area (Å²) in [6.45, 7) is 3.61. The number of nitrogens with two attached hydrogens (primary N) is 1. The molecule has 2 N–H and O–H groups in total. The van der Waals surface area contributed by atoms with Gasteiger partial charge in [0.15, 0.2) is 0 Å². The van der Waals surface area contributed by atoms with Crippen LogP contribution in [0.4, 0.5) is 0 Å². The Hall–Kier alpha value is 0.0600. The van der Waals surface area contributed by atoms with Gasteiger partial charge in [-0.1, -0.05) is 0 Å². The van der Waals surface area contributed by atoms with E-state index in [4.69, 9.17) is 5.73 Å². The number of rotatable bonds is 6. The van der Waals surface area contributed by atoms with E-state index in [1.165, 1.54) is 6.26 Å². The smallest absolute Gasteiger partial charge is 0.147 e. The van der Waals surface area contributed by atoms with E-state index >= 15 is 0 Å². The molecule has 1 unspecified atom stereocenters. The zero-order chi connectivity index (χ0) is 11.4. The van der Waals surface area contributed by atoms with E-state index in [1.807, 2.05) is 13.8 Å². The Morgan fingerprint density at radius 2 is 1.86 bits per heavy atom. The maximum Gasteiger partial charge on any atom is 0.147 e. The molecule has 0 aliphatic heterocycles. The first-order valence-electron chi connectivity index (χ1n) is 4.42. The van der Waals surface area contributed by atoms with Crippen molar-refractivity contribution in [2.24, 2.45) is 5.73 Å². The van der Waals surface area contributed by atoms with E-state index in [-0.39, 0.29) is 5.75 Å². The van der Waals surface area contributed by atoms with Crippen LogP contribution < -0.4 is 5.73 Å². The molecule has 0 aromatic carbocycles. The molecule has 0 bridgehead atoms. The molecule has 0 saturated carbocycles. The maximum atomic E-state index is 11.4. The van der Waals surface area contributed by atoms with Gasteiger partial charge in [-0.2, -0.15) is 0 Å². The van der Waals surface area contributed by atoms with Crippen LogP contribution in [0.15, 0.2) is 0 Å². The molecule has 0 radical (unpaired) electrons. The maximum absolute atomic E-state index is 11.4. The van der Waals surface area contributed by atoms with Gasteiger partial charge in [0.2, 0.25) is 0 Å². The third-order valence-corrected chi connectivity index (χ3v) is 4.26. The molecule has 6 heteroatoms. The normalized spacial score (nSPS) is 15.4. The molecule has 0 spiro atoms. The lowest BCUT2D eigenvalue weighted by molar-refractivity contribution is 0.577.